The maximum absolute atomic E-state index is 12.7. The van der Waals surface area contributed by atoms with E-state index in [1.54, 1.807) is 6.08 Å². The molecule has 5 heteroatoms. The monoisotopic (exact) mass is 414 g/mol. The van der Waals surface area contributed by atoms with Gasteiger partial charge in [0.2, 0.25) is 0 Å². The van der Waals surface area contributed by atoms with E-state index >= 15 is 0 Å². The Labute approximate surface area is 180 Å². The summed E-state index contributed by atoms with van der Waals surface area (Å²) in [4.78, 5) is 28.9. The van der Waals surface area contributed by atoms with Crippen LogP contribution in [0, 0.1) is 0 Å². The van der Waals surface area contributed by atoms with Gasteiger partial charge in [0.25, 0.3) is 11.1 Å². The summed E-state index contributed by atoms with van der Waals surface area (Å²) in [5, 5.41) is 2.00. The highest BCUT2D eigenvalue weighted by Gasteiger charge is 2.34. The first-order valence-electron chi connectivity index (χ1n) is 9.68. The van der Waals surface area contributed by atoms with Crippen molar-refractivity contribution in [3.8, 4) is 0 Å². The normalized spacial score (nSPS) is 15.7. The summed E-state index contributed by atoms with van der Waals surface area (Å²) in [6.45, 7) is 0.280. The average Bonchev–Trinajstić information content (AvgIpc) is 3.01. The molecule has 0 aromatic heterocycles. The molecule has 4 nitrogen and oxygen atoms in total. The van der Waals surface area contributed by atoms with E-state index in [2.05, 4.69) is 0 Å². The quantitative estimate of drug-likeness (QED) is 0.502. The maximum Gasteiger partial charge on any atom is 0.293 e. The predicted molar refractivity (Wildman–Crippen MR) is 125 cm³/mol. The van der Waals surface area contributed by atoms with Crippen LogP contribution in [0.5, 0.6) is 0 Å². The molecule has 3 aromatic rings. The summed E-state index contributed by atoms with van der Waals surface area (Å²) >= 11 is 0.987. The van der Waals surface area contributed by atoms with Gasteiger partial charge in [-0.2, -0.15) is 0 Å². The van der Waals surface area contributed by atoms with Crippen LogP contribution in [0.25, 0.3) is 16.8 Å². The summed E-state index contributed by atoms with van der Waals surface area (Å²) in [6, 6.07) is 22.2. The number of thioether (sulfide) groups is 1. The topological polar surface area (TPSA) is 40.6 Å². The van der Waals surface area contributed by atoms with E-state index in [1.807, 2.05) is 97.9 Å². The SMILES string of the molecule is CN(C)c1ccc(/C=C/C=C2\SC(=O)N(Cc3ccc4ccccc4c3)C2=O)cc1. The lowest BCUT2D eigenvalue weighted by molar-refractivity contribution is -0.123. The van der Waals surface area contributed by atoms with Gasteiger partial charge < -0.3 is 4.90 Å². The van der Waals surface area contributed by atoms with Crippen molar-refractivity contribution in [2.45, 2.75) is 6.54 Å². The lowest BCUT2D eigenvalue weighted by Crippen LogP contribution is -2.27. The van der Waals surface area contributed by atoms with Gasteiger partial charge in [0.1, 0.15) is 0 Å². The molecule has 0 atom stereocenters. The highest BCUT2D eigenvalue weighted by atomic mass is 32.2. The lowest BCUT2D eigenvalue weighted by atomic mass is 10.1. The minimum atomic E-state index is -0.245. The Bertz CT molecular complexity index is 1160. The van der Waals surface area contributed by atoms with Gasteiger partial charge in [0, 0.05) is 19.8 Å². The molecule has 0 unspecified atom stereocenters. The fourth-order valence-corrected chi connectivity index (χ4v) is 4.09. The molecule has 0 bridgehead atoms. The minimum absolute atomic E-state index is 0.233. The zero-order valence-electron chi connectivity index (χ0n) is 16.9. The third-order valence-corrected chi connectivity index (χ3v) is 5.90. The summed E-state index contributed by atoms with van der Waals surface area (Å²) < 4.78 is 0. The fraction of sp³-hybridized carbons (Fsp3) is 0.120. The van der Waals surface area contributed by atoms with Crippen molar-refractivity contribution < 1.29 is 9.59 Å². The van der Waals surface area contributed by atoms with Crippen molar-refractivity contribution in [2.24, 2.45) is 0 Å². The molecule has 0 radical (unpaired) electrons. The molecule has 1 aliphatic heterocycles. The summed E-state index contributed by atoms with van der Waals surface area (Å²) in [5.41, 5.74) is 3.10. The number of carbonyl (C=O) groups excluding carboxylic acids is 2. The second-order valence-corrected chi connectivity index (χ2v) is 8.31. The number of imide groups is 1. The van der Waals surface area contributed by atoms with Crippen LogP contribution in [0.2, 0.25) is 0 Å². The highest BCUT2D eigenvalue weighted by Crippen LogP contribution is 2.32. The Morgan fingerprint density at radius 3 is 2.40 bits per heavy atom. The smallest absolute Gasteiger partial charge is 0.293 e. The van der Waals surface area contributed by atoms with Crippen LogP contribution in [-0.4, -0.2) is 30.1 Å². The molecule has 1 aliphatic rings. The molecule has 0 saturated carbocycles. The summed E-state index contributed by atoms with van der Waals surface area (Å²) in [7, 11) is 4.00. The molecule has 1 saturated heterocycles. The highest BCUT2D eigenvalue weighted by molar-refractivity contribution is 8.18. The number of amides is 2. The molecule has 1 heterocycles. The predicted octanol–water partition coefficient (Wildman–Crippen LogP) is 5.70. The van der Waals surface area contributed by atoms with Gasteiger partial charge in [0.05, 0.1) is 11.4 Å². The molecule has 0 spiro atoms. The molecular weight excluding hydrogens is 392 g/mol. The molecule has 0 aliphatic carbocycles. The Hall–Kier alpha value is -3.31. The van der Waals surface area contributed by atoms with E-state index in [9.17, 15) is 9.59 Å². The Balaban J connectivity index is 1.46. The molecule has 0 N–H and O–H groups in total. The molecular formula is C25H22N2O2S. The number of benzene rings is 3. The minimum Gasteiger partial charge on any atom is -0.378 e. The van der Waals surface area contributed by atoms with Crippen molar-refractivity contribution in [2.75, 3.05) is 19.0 Å². The van der Waals surface area contributed by atoms with Gasteiger partial charge in [-0.25, -0.2) is 0 Å². The molecule has 30 heavy (non-hydrogen) atoms. The largest absolute Gasteiger partial charge is 0.378 e. The summed E-state index contributed by atoms with van der Waals surface area (Å²) in [5.74, 6) is -0.245. The number of hydrogen-bond donors (Lipinski definition) is 0. The van der Waals surface area contributed by atoms with Crippen LogP contribution in [-0.2, 0) is 11.3 Å². The number of allylic oxidation sites excluding steroid dienone is 2. The van der Waals surface area contributed by atoms with Crippen LogP contribution in [0.4, 0.5) is 10.5 Å². The van der Waals surface area contributed by atoms with Gasteiger partial charge in [0.15, 0.2) is 0 Å². The van der Waals surface area contributed by atoms with Crippen molar-refractivity contribution >= 4 is 45.4 Å². The van der Waals surface area contributed by atoms with Crippen molar-refractivity contribution in [1.29, 1.82) is 0 Å². The van der Waals surface area contributed by atoms with E-state index in [1.165, 1.54) is 4.90 Å². The molecule has 2 amide bonds. The standard InChI is InChI=1S/C25H22N2O2S/c1-26(2)22-14-11-18(12-15-22)6-5-9-23-24(28)27(25(29)30-23)17-19-10-13-20-7-3-4-8-21(20)16-19/h3-16H,17H2,1-2H3/b6-5+,23-9-. The third kappa shape index (κ3) is 4.31. The molecule has 4 rings (SSSR count). The molecule has 1 fully saturated rings. The average molecular weight is 415 g/mol. The second-order valence-electron chi connectivity index (χ2n) is 7.32. The van der Waals surface area contributed by atoms with E-state index in [-0.39, 0.29) is 17.7 Å². The first kappa shape index (κ1) is 20.0. The van der Waals surface area contributed by atoms with Crippen molar-refractivity contribution in [3.05, 3.63) is 94.9 Å². The zero-order valence-corrected chi connectivity index (χ0v) is 17.7. The number of rotatable bonds is 5. The fourth-order valence-electron chi connectivity index (χ4n) is 3.30. The maximum atomic E-state index is 12.7. The Kier molecular flexibility index (Phi) is 5.72. The van der Waals surface area contributed by atoms with Gasteiger partial charge in [-0.05, 0) is 57.9 Å². The van der Waals surface area contributed by atoms with Crippen LogP contribution < -0.4 is 4.90 Å². The lowest BCUT2D eigenvalue weighted by Gasteiger charge is -2.13. The molecule has 3 aromatic carbocycles. The van der Waals surface area contributed by atoms with E-state index in [0.29, 0.717) is 4.91 Å². The van der Waals surface area contributed by atoms with Crippen LogP contribution in [0.15, 0.2) is 83.8 Å². The summed E-state index contributed by atoms with van der Waals surface area (Å²) in [6.07, 6.45) is 5.46. The Morgan fingerprint density at radius 2 is 1.67 bits per heavy atom. The second kappa shape index (κ2) is 8.59. The van der Waals surface area contributed by atoms with Crippen molar-refractivity contribution in [3.63, 3.8) is 0 Å². The Morgan fingerprint density at radius 1 is 0.933 bits per heavy atom. The van der Waals surface area contributed by atoms with E-state index in [4.69, 9.17) is 0 Å². The van der Waals surface area contributed by atoms with Gasteiger partial charge in [-0.1, -0.05) is 60.7 Å². The number of fused-ring (bicyclic) bond motifs is 1. The van der Waals surface area contributed by atoms with Crippen LogP contribution in [0.1, 0.15) is 11.1 Å². The first-order valence-corrected chi connectivity index (χ1v) is 10.5. The van der Waals surface area contributed by atoms with Gasteiger partial charge >= 0.3 is 0 Å². The number of nitrogens with zero attached hydrogens (tertiary/aromatic N) is 2. The van der Waals surface area contributed by atoms with Crippen molar-refractivity contribution in [1.82, 2.24) is 4.90 Å². The van der Waals surface area contributed by atoms with E-state index in [0.717, 1.165) is 39.3 Å². The third-order valence-electron chi connectivity index (χ3n) is 4.97. The number of carbonyl (C=O) groups is 2. The molecule has 150 valence electrons. The zero-order chi connectivity index (χ0) is 21.1. The number of hydrogen-bond acceptors (Lipinski definition) is 4. The van der Waals surface area contributed by atoms with E-state index < -0.39 is 0 Å². The first-order chi connectivity index (χ1) is 14.5. The van der Waals surface area contributed by atoms with Crippen LogP contribution >= 0.6 is 11.8 Å². The van der Waals surface area contributed by atoms with Crippen LogP contribution in [0.3, 0.4) is 0 Å². The van der Waals surface area contributed by atoms with Gasteiger partial charge in [-0.15, -0.1) is 0 Å². The number of anilines is 1. The van der Waals surface area contributed by atoms with Gasteiger partial charge in [-0.3, -0.25) is 14.5 Å².